The molecule has 144 valence electrons. The second-order valence-electron chi connectivity index (χ2n) is 6.35. The summed E-state index contributed by atoms with van der Waals surface area (Å²) in [5.74, 6) is 1.29. The molecule has 0 spiro atoms. The van der Waals surface area contributed by atoms with Crippen LogP contribution in [0.1, 0.15) is 29.8 Å². The zero-order valence-electron chi connectivity index (χ0n) is 16.3. The largest absolute Gasteiger partial charge is 0.495 e. The molecule has 27 heavy (non-hydrogen) atoms. The molecule has 0 aliphatic carbocycles. The van der Waals surface area contributed by atoms with Gasteiger partial charge in [0.25, 0.3) is 0 Å². The Hall–Kier alpha value is -3.02. The van der Waals surface area contributed by atoms with Crippen LogP contribution in [-0.4, -0.2) is 33.0 Å². The van der Waals surface area contributed by atoms with Gasteiger partial charge in [-0.05, 0) is 35.9 Å². The summed E-state index contributed by atoms with van der Waals surface area (Å²) in [7, 11) is 4.63. The Labute approximate surface area is 159 Å². The van der Waals surface area contributed by atoms with Gasteiger partial charge in [0.2, 0.25) is 5.91 Å². The van der Waals surface area contributed by atoms with Gasteiger partial charge in [-0.15, -0.1) is 0 Å². The topological polar surface area (TPSA) is 73.9 Å². The minimum Gasteiger partial charge on any atom is -0.495 e. The van der Waals surface area contributed by atoms with E-state index in [2.05, 4.69) is 5.32 Å². The predicted molar refractivity (Wildman–Crippen MR) is 104 cm³/mol. The minimum absolute atomic E-state index is 0.0788. The summed E-state index contributed by atoms with van der Waals surface area (Å²) in [5, 5.41) is 2.80. The molecule has 0 saturated heterocycles. The molecule has 2 aromatic carbocycles. The highest BCUT2D eigenvalue weighted by atomic mass is 16.5. The van der Waals surface area contributed by atoms with Gasteiger partial charge in [-0.25, -0.2) is 0 Å². The van der Waals surface area contributed by atoms with Crippen molar-refractivity contribution in [2.45, 2.75) is 20.3 Å². The maximum Gasteiger partial charge on any atom is 0.227 e. The van der Waals surface area contributed by atoms with Crippen LogP contribution < -0.4 is 19.5 Å². The molecule has 0 unspecified atom stereocenters. The fourth-order valence-corrected chi connectivity index (χ4v) is 2.53. The number of nitrogens with one attached hydrogen (secondary N) is 1. The van der Waals surface area contributed by atoms with Crippen molar-refractivity contribution in [3.05, 3.63) is 47.5 Å². The fraction of sp³-hybridized carbons (Fsp3) is 0.333. The van der Waals surface area contributed by atoms with Crippen LogP contribution in [0.15, 0.2) is 36.4 Å². The molecule has 0 saturated carbocycles. The van der Waals surface area contributed by atoms with Crippen molar-refractivity contribution in [3.8, 4) is 17.2 Å². The van der Waals surface area contributed by atoms with E-state index in [9.17, 15) is 9.59 Å². The number of carbonyl (C=O) groups is 2. The first-order chi connectivity index (χ1) is 12.9. The molecule has 6 heteroatoms. The molecule has 0 fully saturated rings. The van der Waals surface area contributed by atoms with Crippen molar-refractivity contribution in [2.75, 3.05) is 26.6 Å². The summed E-state index contributed by atoms with van der Waals surface area (Å²) >= 11 is 0. The van der Waals surface area contributed by atoms with E-state index in [-0.39, 0.29) is 24.0 Å². The van der Waals surface area contributed by atoms with Gasteiger partial charge in [0.1, 0.15) is 5.75 Å². The molecule has 0 bridgehead atoms. The van der Waals surface area contributed by atoms with E-state index in [0.717, 1.165) is 5.56 Å². The number of amides is 1. The highest BCUT2D eigenvalue weighted by Crippen LogP contribution is 2.29. The van der Waals surface area contributed by atoms with E-state index >= 15 is 0 Å². The number of hydrogen-bond acceptors (Lipinski definition) is 5. The van der Waals surface area contributed by atoms with E-state index in [4.69, 9.17) is 14.2 Å². The Morgan fingerprint density at radius 1 is 0.889 bits per heavy atom. The van der Waals surface area contributed by atoms with E-state index in [1.807, 2.05) is 6.07 Å². The lowest BCUT2D eigenvalue weighted by molar-refractivity contribution is -0.118. The van der Waals surface area contributed by atoms with E-state index < -0.39 is 0 Å². The molecular weight excluding hydrogens is 346 g/mol. The molecule has 2 rings (SSSR count). The van der Waals surface area contributed by atoms with Crippen LogP contribution in [0.4, 0.5) is 5.69 Å². The Balaban J connectivity index is 2.24. The second-order valence-corrected chi connectivity index (χ2v) is 6.35. The number of ether oxygens (including phenoxy) is 3. The Morgan fingerprint density at radius 3 is 2.11 bits per heavy atom. The highest BCUT2D eigenvalue weighted by Gasteiger charge is 2.15. The van der Waals surface area contributed by atoms with Crippen LogP contribution in [0, 0.1) is 5.92 Å². The van der Waals surface area contributed by atoms with Gasteiger partial charge >= 0.3 is 0 Å². The molecule has 0 aliphatic rings. The first-order valence-electron chi connectivity index (χ1n) is 8.62. The average Bonchev–Trinajstić information content (AvgIpc) is 2.67. The Bertz CT molecular complexity index is 829. The Morgan fingerprint density at radius 2 is 1.52 bits per heavy atom. The predicted octanol–water partition coefficient (Wildman–Crippen LogP) is 3.73. The summed E-state index contributed by atoms with van der Waals surface area (Å²) in [6.45, 7) is 3.60. The molecule has 1 N–H and O–H groups in total. The summed E-state index contributed by atoms with van der Waals surface area (Å²) in [4.78, 5) is 24.7. The van der Waals surface area contributed by atoms with Crippen LogP contribution in [0.5, 0.6) is 17.2 Å². The maximum atomic E-state index is 12.7. The van der Waals surface area contributed by atoms with E-state index in [1.54, 1.807) is 58.4 Å². The SMILES string of the molecule is COc1ccc(C(=O)Cc2ccc(OC)c(OC)c2)cc1NC(=O)C(C)C. The number of ketones is 1. The number of benzene rings is 2. The molecule has 0 heterocycles. The molecule has 6 nitrogen and oxygen atoms in total. The monoisotopic (exact) mass is 371 g/mol. The highest BCUT2D eigenvalue weighted by molar-refractivity contribution is 6.00. The van der Waals surface area contributed by atoms with Crippen LogP contribution in [0.25, 0.3) is 0 Å². The molecule has 0 aliphatic heterocycles. The minimum atomic E-state index is -0.180. The van der Waals surface area contributed by atoms with Gasteiger partial charge in [-0.1, -0.05) is 19.9 Å². The van der Waals surface area contributed by atoms with Crippen molar-refractivity contribution in [3.63, 3.8) is 0 Å². The van der Waals surface area contributed by atoms with Crippen molar-refractivity contribution in [2.24, 2.45) is 5.92 Å². The molecule has 1 amide bonds. The molecule has 0 atom stereocenters. The van der Waals surface area contributed by atoms with E-state index in [0.29, 0.717) is 28.5 Å². The van der Waals surface area contributed by atoms with Gasteiger partial charge in [-0.2, -0.15) is 0 Å². The van der Waals surface area contributed by atoms with Crippen molar-refractivity contribution in [1.29, 1.82) is 0 Å². The first kappa shape index (κ1) is 20.3. The fourth-order valence-electron chi connectivity index (χ4n) is 2.53. The van der Waals surface area contributed by atoms with Crippen molar-refractivity contribution >= 4 is 17.4 Å². The lowest BCUT2D eigenvalue weighted by atomic mass is 10.0. The van der Waals surface area contributed by atoms with Gasteiger partial charge in [-0.3, -0.25) is 9.59 Å². The van der Waals surface area contributed by atoms with Gasteiger partial charge in [0, 0.05) is 17.9 Å². The number of Topliss-reactive ketones (excluding diaryl/α,β-unsaturated/α-hetero) is 1. The van der Waals surface area contributed by atoms with Gasteiger partial charge in [0.15, 0.2) is 17.3 Å². The number of hydrogen-bond donors (Lipinski definition) is 1. The zero-order chi connectivity index (χ0) is 20.0. The smallest absolute Gasteiger partial charge is 0.227 e. The Kier molecular flexibility index (Phi) is 6.82. The normalized spacial score (nSPS) is 10.4. The molecule has 0 radical (unpaired) electrons. The summed E-state index contributed by atoms with van der Waals surface area (Å²) in [6, 6.07) is 10.4. The summed E-state index contributed by atoms with van der Waals surface area (Å²) in [6.07, 6.45) is 0.199. The second kappa shape index (κ2) is 9.07. The van der Waals surface area contributed by atoms with Crippen molar-refractivity contribution < 1.29 is 23.8 Å². The van der Waals surface area contributed by atoms with Crippen LogP contribution in [0.3, 0.4) is 0 Å². The third kappa shape index (κ3) is 5.00. The lowest BCUT2D eigenvalue weighted by Crippen LogP contribution is -2.18. The average molecular weight is 371 g/mol. The number of rotatable bonds is 8. The standard InChI is InChI=1S/C21H25NO5/c1-13(2)21(24)22-16-12-15(7-9-18(16)25-3)17(23)10-14-6-8-19(26-4)20(11-14)27-5/h6-9,11-13H,10H2,1-5H3,(H,22,24). The maximum absolute atomic E-state index is 12.7. The van der Waals surface area contributed by atoms with Gasteiger partial charge in [0.05, 0.1) is 27.0 Å². The number of anilines is 1. The van der Waals surface area contributed by atoms with Crippen LogP contribution in [0.2, 0.25) is 0 Å². The molecule has 2 aromatic rings. The number of methoxy groups -OCH3 is 3. The van der Waals surface area contributed by atoms with Crippen LogP contribution >= 0.6 is 0 Å². The van der Waals surface area contributed by atoms with Gasteiger partial charge < -0.3 is 19.5 Å². The van der Waals surface area contributed by atoms with Crippen LogP contribution in [-0.2, 0) is 11.2 Å². The molecule has 0 aromatic heterocycles. The zero-order valence-corrected chi connectivity index (χ0v) is 16.3. The third-order valence-corrected chi connectivity index (χ3v) is 4.12. The third-order valence-electron chi connectivity index (χ3n) is 4.12. The lowest BCUT2D eigenvalue weighted by Gasteiger charge is -2.13. The first-order valence-corrected chi connectivity index (χ1v) is 8.62. The van der Waals surface area contributed by atoms with Crippen molar-refractivity contribution in [1.82, 2.24) is 0 Å². The summed E-state index contributed by atoms with van der Waals surface area (Å²) in [5.41, 5.74) is 1.78. The summed E-state index contributed by atoms with van der Waals surface area (Å²) < 4.78 is 15.8. The number of carbonyl (C=O) groups excluding carboxylic acids is 2. The molecular formula is C21H25NO5. The van der Waals surface area contributed by atoms with E-state index in [1.165, 1.54) is 7.11 Å². The quantitative estimate of drug-likeness (QED) is 0.716.